The zero-order valence-electron chi connectivity index (χ0n) is 19.8. The fraction of sp³-hybridized carbons (Fsp3) is 0.179. The second kappa shape index (κ2) is 9.89. The maximum Gasteiger partial charge on any atom is 0.419 e. The molecule has 0 saturated heterocycles. The van der Waals surface area contributed by atoms with Gasteiger partial charge in [-0.1, -0.05) is 29.8 Å². The van der Waals surface area contributed by atoms with Crippen LogP contribution in [0.2, 0.25) is 0 Å². The molecule has 8 heteroatoms. The topological polar surface area (TPSA) is 51.5 Å². The fourth-order valence-corrected chi connectivity index (χ4v) is 3.87. The number of ether oxygens (including phenoxy) is 1. The molecule has 186 valence electrons. The van der Waals surface area contributed by atoms with Gasteiger partial charge in [-0.3, -0.25) is 4.79 Å². The lowest BCUT2D eigenvalue weighted by Crippen LogP contribution is -2.12. The molecule has 0 aliphatic heterocycles. The number of nitrogens with one attached hydrogen (secondary N) is 1. The van der Waals surface area contributed by atoms with Gasteiger partial charge in [0.2, 0.25) is 5.91 Å². The first-order valence-corrected chi connectivity index (χ1v) is 11.2. The van der Waals surface area contributed by atoms with E-state index in [2.05, 4.69) is 5.32 Å². The minimum absolute atomic E-state index is 0.172. The van der Waals surface area contributed by atoms with Crippen molar-refractivity contribution in [2.45, 2.75) is 26.9 Å². The van der Waals surface area contributed by atoms with Crippen LogP contribution in [0.4, 0.5) is 23.2 Å². The van der Waals surface area contributed by atoms with E-state index in [-0.39, 0.29) is 5.69 Å². The van der Waals surface area contributed by atoms with Crippen molar-refractivity contribution < 1.29 is 31.5 Å². The first-order chi connectivity index (χ1) is 17.1. The van der Waals surface area contributed by atoms with Gasteiger partial charge in [0.15, 0.2) is 0 Å². The van der Waals surface area contributed by atoms with E-state index in [0.29, 0.717) is 41.2 Å². The minimum Gasteiger partial charge on any atom is -0.493 e. The first-order valence-electron chi connectivity index (χ1n) is 11.2. The molecule has 1 amide bonds. The summed E-state index contributed by atoms with van der Waals surface area (Å²) in [6.07, 6.45) is -1.96. The number of aryl methyl sites for hydroxylation is 1. The summed E-state index contributed by atoms with van der Waals surface area (Å²) in [5, 5.41) is 3.19. The molecule has 0 fully saturated rings. The third kappa shape index (κ3) is 5.27. The standard InChI is InChI=1S/C28H23F4NO3/c1-4-35-25-14-26-21(22(15-36-26)18-7-5-16(2)6-8-18)13-20(25)17(3)11-27(34)33-19-9-10-24(29)23(12-19)28(30,31)32/h5-15H,4H2,1-3H3,(H,33,34)/b17-11+. The van der Waals surface area contributed by atoms with Crippen molar-refractivity contribution in [2.24, 2.45) is 0 Å². The number of alkyl halides is 3. The second-order valence-corrected chi connectivity index (χ2v) is 8.30. The number of rotatable bonds is 6. The minimum atomic E-state index is -4.88. The van der Waals surface area contributed by atoms with Crippen molar-refractivity contribution in [1.82, 2.24) is 0 Å². The van der Waals surface area contributed by atoms with Crippen molar-refractivity contribution in [3.8, 4) is 16.9 Å². The van der Waals surface area contributed by atoms with Gasteiger partial charge in [-0.05, 0) is 56.2 Å². The highest BCUT2D eigenvalue weighted by Gasteiger charge is 2.34. The summed E-state index contributed by atoms with van der Waals surface area (Å²) < 4.78 is 64.1. The Labute approximate surface area is 205 Å². The van der Waals surface area contributed by atoms with E-state index in [9.17, 15) is 22.4 Å². The maximum atomic E-state index is 13.6. The molecule has 0 spiro atoms. The van der Waals surface area contributed by atoms with Crippen molar-refractivity contribution in [3.63, 3.8) is 0 Å². The summed E-state index contributed by atoms with van der Waals surface area (Å²) in [4.78, 5) is 12.6. The molecular formula is C28H23F4NO3. The van der Waals surface area contributed by atoms with Gasteiger partial charge in [0, 0.05) is 34.3 Å². The summed E-state index contributed by atoms with van der Waals surface area (Å²) >= 11 is 0. The monoisotopic (exact) mass is 497 g/mol. The van der Waals surface area contributed by atoms with Crippen LogP contribution >= 0.6 is 0 Å². The molecule has 4 rings (SSSR count). The molecule has 3 aromatic carbocycles. The van der Waals surface area contributed by atoms with Gasteiger partial charge in [0.1, 0.15) is 17.1 Å². The van der Waals surface area contributed by atoms with E-state index in [1.54, 1.807) is 19.3 Å². The predicted octanol–water partition coefficient (Wildman–Crippen LogP) is 8.01. The van der Waals surface area contributed by atoms with Gasteiger partial charge in [0.25, 0.3) is 0 Å². The molecule has 4 aromatic rings. The first kappa shape index (κ1) is 25.0. The van der Waals surface area contributed by atoms with Crippen molar-refractivity contribution in [3.05, 3.63) is 89.4 Å². The van der Waals surface area contributed by atoms with E-state index in [4.69, 9.17) is 9.15 Å². The lowest BCUT2D eigenvalue weighted by molar-refractivity contribution is -0.140. The van der Waals surface area contributed by atoms with E-state index < -0.39 is 23.5 Å². The quantitative estimate of drug-likeness (QED) is 0.217. The van der Waals surface area contributed by atoms with Crippen molar-refractivity contribution >= 4 is 28.1 Å². The summed E-state index contributed by atoms with van der Waals surface area (Å²) in [6.45, 7) is 5.89. The number of allylic oxidation sites excluding steroid dienone is 1. The number of carbonyl (C=O) groups excluding carboxylic acids is 1. The SMILES string of the molecule is CCOc1cc2occ(-c3ccc(C)cc3)c2cc1/C(C)=C/C(=O)Nc1ccc(F)c(C(F)(F)F)c1. The molecule has 36 heavy (non-hydrogen) atoms. The molecule has 1 heterocycles. The van der Waals surface area contributed by atoms with Crippen LogP contribution in [0, 0.1) is 12.7 Å². The van der Waals surface area contributed by atoms with Gasteiger partial charge >= 0.3 is 6.18 Å². The normalized spacial score (nSPS) is 12.1. The Kier molecular flexibility index (Phi) is 6.88. The van der Waals surface area contributed by atoms with Crippen LogP contribution in [0.3, 0.4) is 0 Å². The van der Waals surface area contributed by atoms with Crippen LogP contribution in [0.25, 0.3) is 27.7 Å². The number of benzene rings is 3. The average Bonchev–Trinajstić information content (AvgIpc) is 3.22. The van der Waals surface area contributed by atoms with Gasteiger partial charge in [-0.25, -0.2) is 4.39 Å². The molecule has 0 saturated carbocycles. The van der Waals surface area contributed by atoms with E-state index in [1.165, 1.54) is 6.08 Å². The molecule has 0 radical (unpaired) electrons. The Morgan fingerprint density at radius 1 is 1.08 bits per heavy atom. The van der Waals surface area contributed by atoms with Crippen LogP contribution in [0.15, 0.2) is 71.4 Å². The molecule has 0 aliphatic carbocycles. The van der Waals surface area contributed by atoms with Crippen LogP contribution in [0.1, 0.15) is 30.5 Å². The van der Waals surface area contributed by atoms with Gasteiger partial charge in [0.05, 0.1) is 18.4 Å². The van der Waals surface area contributed by atoms with Crippen molar-refractivity contribution in [2.75, 3.05) is 11.9 Å². The second-order valence-electron chi connectivity index (χ2n) is 8.30. The predicted molar refractivity (Wildman–Crippen MR) is 131 cm³/mol. The Hall–Kier alpha value is -4.07. The summed E-state index contributed by atoms with van der Waals surface area (Å²) in [5.41, 5.74) is 3.10. The van der Waals surface area contributed by atoms with E-state index in [1.807, 2.05) is 44.2 Å². The molecule has 0 aliphatic rings. The third-order valence-corrected chi connectivity index (χ3v) is 5.65. The zero-order chi connectivity index (χ0) is 26.0. The summed E-state index contributed by atoms with van der Waals surface area (Å²) in [5.74, 6) is -1.58. The largest absolute Gasteiger partial charge is 0.493 e. The maximum absolute atomic E-state index is 13.6. The van der Waals surface area contributed by atoms with Crippen LogP contribution in [0.5, 0.6) is 5.75 Å². The third-order valence-electron chi connectivity index (χ3n) is 5.65. The number of hydrogen-bond acceptors (Lipinski definition) is 3. The summed E-state index contributed by atoms with van der Waals surface area (Å²) in [6, 6.07) is 13.9. The number of fused-ring (bicyclic) bond motifs is 1. The number of amides is 1. The lowest BCUT2D eigenvalue weighted by Gasteiger charge is -2.12. The molecular weight excluding hydrogens is 474 g/mol. The highest BCUT2D eigenvalue weighted by atomic mass is 19.4. The molecule has 0 unspecified atom stereocenters. The highest BCUT2D eigenvalue weighted by molar-refractivity contribution is 6.05. The van der Waals surface area contributed by atoms with E-state index in [0.717, 1.165) is 28.1 Å². The van der Waals surface area contributed by atoms with Gasteiger partial charge in [-0.15, -0.1) is 0 Å². The summed E-state index contributed by atoms with van der Waals surface area (Å²) in [7, 11) is 0. The smallest absolute Gasteiger partial charge is 0.419 e. The zero-order valence-corrected chi connectivity index (χ0v) is 19.8. The number of hydrogen-bond donors (Lipinski definition) is 1. The van der Waals surface area contributed by atoms with E-state index >= 15 is 0 Å². The highest BCUT2D eigenvalue weighted by Crippen LogP contribution is 2.38. The molecule has 1 N–H and O–H groups in total. The number of furan rings is 1. The Balaban J connectivity index is 1.69. The van der Waals surface area contributed by atoms with Crippen molar-refractivity contribution in [1.29, 1.82) is 0 Å². The van der Waals surface area contributed by atoms with Crippen LogP contribution in [-0.4, -0.2) is 12.5 Å². The lowest BCUT2D eigenvalue weighted by atomic mass is 9.98. The number of carbonyl (C=O) groups is 1. The number of anilines is 1. The van der Waals surface area contributed by atoms with Gasteiger partial charge in [-0.2, -0.15) is 13.2 Å². The average molecular weight is 497 g/mol. The van der Waals surface area contributed by atoms with Crippen LogP contribution < -0.4 is 10.1 Å². The fourth-order valence-electron chi connectivity index (χ4n) is 3.87. The Bertz CT molecular complexity index is 1450. The van der Waals surface area contributed by atoms with Gasteiger partial charge < -0.3 is 14.5 Å². The Morgan fingerprint density at radius 3 is 2.47 bits per heavy atom. The molecule has 1 aromatic heterocycles. The van der Waals surface area contributed by atoms with Crippen LogP contribution in [-0.2, 0) is 11.0 Å². The number of halogens is 4. The Morgan fingerprint density at radius 2 is 1.81 bits per heavy atom. The molecule has 0 atom stereocenters. The molecule has 4 nitrogen and oxygen atoms in total. The molecule has 0 bridgehead atoms.